The van der Waals surface area contributed by atoms with Crippen LogP contribution in [0.5, 0.6) is 5.75 Å². The molecule has 1 aromatic carbocycles. The second kappa shape index (κ2) is 6.10. The third-order valence-corrected chi connectivity index (χ3v) is 3.49. The Morgan fingerprint density at radius 1 is 1.22 bits per heavy atom. The molecule has 0 saturated carbocycles. The zero-order valence-corrected chi connectivity index (χ0v) is 11.6. The van der Waals surface area contributed by atoms with E-state index < -0.39 is 0 Å². The first-order valence-electron chi connectivity index (χ1n) is 6.84. The van der Waals surface area contributed by atoms with Crippen LogP contribution in [0.25, 0.3) is 0 Å². The van der Waals surface area contributed by atoms with E-state index in [0.717, 1.165) is 18.8 Å². The molecule has 1 heterocycles. The summed E-state index contributed by atoms with van der Waals surface area (Å²) in [5.74, 6) is 0.979. The summed E-state index contributed by atoms with van der Waals surface area (Å²) in [6.45, 7) is 6.63. The summed E-state index contributed by atoms with van der Waals surface area (Å²) in [6, 6.07) is 9.53. The SMILES string of the molecule is COc1ccccc1N1CCC(NC(C)C)CC1. The third kappa shape index (κ3) is 3.16. The van der Waals surface area contributed by atoms with Gasteiger partial charge in [0.25, 0.3) is 0 Å². The molecule has 0 aromatic heterocycles. The Morgan fingerprint density at radius 2 is 1.89 bits per heavy atom. The van der Waals surface area contributed by atoms with E-state index in [1.165, 1.54) is 18.5 Å². The molecule has 1 N–H and O–H groups in total. The molecule has 0 atom stereocenters. The van der Waals surface area contributed by atoms with E-state index in [1.807, 2.05) is 12.1 Å². The van der Waals surface area contributed by atoms with Crippen molar-refractivity contribution in [3.05, 3.63) is 24.3 Å². The second-order valence-corrected chi connectivity index (χ2v) is 5.25. The van der Waals surface area contributed by atoms with Crippen molar-refractivity contribution in [3.63, 3.8) is 0 Å². The summed E-state index contributed by atoms with van der Waals surface area (Å²) < 4.78 is 5.43. The Hall–Kier alpha value is -1.22. The molecule has 0 unspecified atom stereocenters. The lowest BCUT2D eigenvalue weighted by Gasteiger charge is -2.35. The van der Waals surface area contributed by atoms with Crippen molar-refractivity contribution in [1.82, 2.24) is 5.32 Å². The van der Waals surface area contributed by atoms with Crippen molar-refractivity contribution in [2.45, 2.75) is 38.8 Å². The number of hydrogen-bond donors (Lipinski definition) is 1. The topological polar surface area (TPSA) is 24.5 Å². The Balaban J connectivity index is 1.97. The number of rotatable bonds is 4. The molecule has 1 aliphatic rings. The smallest absolute Gasteiger partial charge is 0.142 e. The van der Waals surface area contributed by atoms with Gasteiger partial charge in [0.2, 0.25) is 0 Å². The molecule has 1 aromatic rings. The van der Waals surface area contributed by atoms with Crippen LogP contribution in [0.15, 0.2) is 24.3 Å². The number of methoxy groups -OCH3 is 1. The van der Waals surface area contributed by atoms with Crippen LogP contribution in [-0.2, 0) is 0 Å². The van der Waals surface area contributed by atoms with Crippen LogP contribution in [-0.4, -0.2) is 32.3 Å². The van der Waals surface area contributed by atoms with Crippen molar-refractivity contribution in [3.8, 4) is 5.75 Å². The Bertz CT molecular complexity index is 371. The minimum absolute atomic E-state index is 0.577. The number of ether oxygens (including phenoxy) is 1. The van der Waals surface area contributed by atoms with Gasteiger partial charge in [0, 0.05) is 25.2 Å². The highest BCUT2D eigenvalue weighted by atomic mass is 16.5. The van der Waals surface area contributed by atoms with Crippen LogP contribution >= 0.6 is 0 Å². The maximum Gasteiger partial charge on any atom is 0.142 e. The van der Waals surface area contributed by atoms with E-state index in [0.29, 0.717) is 12.1 Å². The number of benzene rings is 1. The van der Waals surface area contributed by atoms with Crippen molar-refractivity contribution in [1.29, 1.82) is 0 Å². The highest BCUT2D eigenvalue weighted by Crippen LogP contribution is 2.29. The lowest BCUT2D eigenvalue weighted by molar-refractivity contribution is 0.380. The molecule has 1 aliphatic heterocycles. The zero-order chi connectivity index (χ0) is 13.0. The van der Waals surface area contributed by atoms with Gasteiger partial charge in [-0.05, 0) is 25.0 Å². The minimum atomic E-state index is 0.577. The predicted molar refractivity (Wildman–Crippen MR) is 76.5 cm³/mol. The maximum atomic E-state index is 5.43. The van der Waals surface area contributed by atoms with Crippen LogP contribution < -0.4 is 15.0 Å². The van der Waals surface area contributed by atoms with Gasteiger partial charge in [0.15, 0.2) is 0 Å². The lowest BCUT2D eigenvalue weighted by atomic mass is 10.0. The molecule has 1 fully saturated rings. The van der Waals surface area contributed by atoms with Gasteiger partial charge in [-0.3, -0.25) is 0 Å². The van der Waals surface area contributed by atoms with E-state index in [-0.39, 0.29) is 0 Å². The fourth-order valence-electron chi connectivity index (χ4n) is 2.65. The summed E-state index contributed by atoms with van der Waals surface area (Å²) in [6.07, 6.45) is 2.41. The molecule has 3 nitrogen and oxygen atoms in total. The highest BCUT2D eigenvalue weighted by molar-refractivity contribution is 5.58. The average molecular weight is 248 g/mol. The molecule has 18 heavy (non-hydrogen) atoms. The van der Waals surface area contributed by atoms with E-state index >= 15 is 0 Å². The summed E-state index contributed by atoms with van der Waals surface area (Å²) in [5.41, 5.74) is 1.22. The monoisotopic (exact) mass is 248 g/mol. The summed E-state index contributed by atoms with van der Waals surface area (Å²) in [5, 5.41) is 3.62. The standard InChI is InChI=1S/C15H24N2O/c1-12(2)16-13-8-10-17(11-9-13)14-6-4-5-7-15(14)18-3/h4-7,12-13,16H,8-11H2,1-3H3. The largest absolute Gasteiger partial charge is 0.495 e. The fraction of sp³-hybridized carbons (Fsp3) is 0.600. The van der Waals surface area contributed by atoms with Crippen molar-refractivity contribution < 1.29 is 4.74 Å². The normalized spacial score (nSPS) is 17.2. The maximum absolute atomic E-state index is 5.43. The fourth-order valence-corrected chi connectivity index (χ4v) is 2.65. The van der Waals surface area contributed by atoms with E-state index in [9.17, 15) is 0 Å². The Labute approximate surface area is 110 Å². The number of nitrogens with one attached hydrogen (secondary N) is 1. The van der Waals surface area contributed by atoms with Crippen molar-refractivity contribution in [2.75, 3.05) is 25.1 Å². The molecule has 0 aliphatic carbocycles. The summed E-state index contributed by atoms with van der Waals surface area (Å²) in [4.78, 5) is 2.43. The van der Waals surface area contributed by atoms with E-state index in [2.05, 4.69) is 36.2 Å². The molecule has 100 valence electrons. The van der Waals surface area contributed by atoms with Crippen LogP contribution in [0.4, 0.5) is 5.69 Å². The first-order chi connectivity index (χ1) is 8.70. The van der Waals surface area contributed by atoms with E-state index in [1.54, 1.807) is 7.11 Å². The van der Waals surface area contributed by atoms with Gasteiger partial charge in [0.05, 0.1) is 12.8 Å². The number of nitrogens with zero attached hydrogens (tertiary/aromatic N) is 1. The predicted octanol–water partition coefficient (Wildman–Crippen LogP) is 2.66. The van der Waals surface area contributed by atoms with Crippen LogP contribution in [0.2, 0.25) is 0 Å². The molecule has 1 saturated heterocycles. The number of para-hydroxylation sites is 2. The highest BCUT2D eigenvalue weighted by Gasteiger charge is 2.21. The van der Waals surface area contributed by atoms with Gasteiger partial charge in [-0.1, -0.05) is 26.0 Å². The van der Waals surface area contributed by atoms with Crippen molar-refractivity contribution in [2.24, 2.45) is 0 Å². The number of piperidine rings is 1. The molecule has 0 spiro atoms. The molecule has 2 rings (SSSR count). The lowest BCUT2D eigenvalue weighted by Crippen LogP contribution is -2.44. The summed E-state index contributed by atoms with van der Waals surface area (Å²) >= 11 is 0. The first kappa shape index (κ1) is 13.2. The number of hydrogen-bond acceptors (Lipinski definition) is 3. The summed E-state index contributed by atoms with van der Waals surface area (Å²) in [7, 11) is 1.74. The minimum Gasteiger partial charge on any atom is -0.495 e. The zero-order valence-electron chi connectivity index (χ0n) is 11.6. The molecular weight excluding hydrogens is 224 g/mol. The second-order valence-electron chi connectivity index (χ2n) is 5.25. The van der Waals surface area contributed by atoms with Gasteiger partial charge >= 0.3 is 0 Å². The van der Waals surface area contributed by atoms with Crippen LogP contribution in [0, 0.1) is 0 Å². The van der Waals surface area contributed by atoms with Gasteiger partial charge < -0.3 is 15.0 Å². The number of anilines is 1. The van der Waals surface area contributed by atoms with Crippen LogP contribution in [0.3, 0.4) is 0 Å². The van der Waals surface area contributed by atoms with Crippen LogP contribution in [0.1, 0.15) is 26.7 Å². The third-order valence-electron chi connectivity index (χ3n) is 3.49. The van der Waals surface area contributed by atoms with Gasteiger partial charge in [-0.25, -0.2) is 0 Å². The molecular formula is C15H24N2O. The molecule has 0 bridgehead atoms. The van der Waals surface area contributed by atoms with E-state index in [4.69, 9.17) is 4.74 Å². The average Bonchev–Trinajstić information content (AvgIpc) is 2.39. The Kier molecular flexibility index (Phi) is 4.48. The van der Waals surface area contributed by atoms with Gasteiger partial charge in [0.1, 0.15) is 5.75 Å². The van der Waals surface area contributed by atoms with Gasteiger partial charge in [-0.2, -0.15) is 0 Å². The molecule has 0 radical (unpaired) electrons. The molecule has 3 heteroatoms. The van der Waals surface area contributed by atoms with Gasteiger partial charge in [-0.15, -0.1) is 0 Å². The van der Waals surface area contributed by atoms with Crippen molar-refractivity contribution >= 4 is 5.69 Å². The first-order valence-corrected chi connectivity index (χ1v) is 6.84. The quantitative estimate of drug-likeness (QED) is 0.886. The Morgan fingerprint density at radius 3 is 2.50 bits per heavy atom. The molecule has 0 amide bonds.